The summed E-state index contributed by atoms with van der Waals surface area (Å²) in [4.78, 5) is 39.7. The quantitative estimate of drug-likeness (QED) is 0.608. The topological polar surface area (TPSA) is 63.7 Å². The van der Waals surface area contributed by atoms with Crippen molar-refractivity contribution in [1.82, 2.24) is 4.90 Å². The molecule has 5 rings (SSSR count). The fourth-order valence-corrected chi connectivity index (χ4v) is 5.26. The summed E-state index contributed by atoms with van der Waals surface area (Å²) in [6.07, 6.45) is 4.61. The maximum atomic E-state index is 13.3. The number of carbonyl (C=O) groups excluding carboxylic acids is 3. The summed E-state index contributed by atoms with van der Waals surface area (Å²) in [5.74, 6) is -0.0376. The zero-order valence-corrected chi connectivity index (χ0v) is 14.4. The highest BCUT2D eigenvalue weighted by Gasteiger charge is 2.56. The molecule has 0 spiro atoms. The number of nitrogens with zero attached hydrogens (tertiary/aromatic N) is 1. The van der Waals surface area contributed by atoms with Crippen LogP contribution in [-0.2, 0) is 14.3 Å². The molecule has 1 aromatic carbocycles. The highest BCUT2D eigenvalue weighted by Crippen LogP contribution is 2.56. The highest BCUT2D eigenvalue weighted by molar-refractivity contribution is 6.25. The number of hydrogen-bond acceptors (Lipinski definition) is 4. The van der Waals surface area contributed by atoms with Crippen LogP contribution in [-0.4, -0.2) is 29.3 Å². The molecule has 5 heteroatoms. The third-order valence-corrected chi connectivity index (χ3v) is 6.39. The summed E-state index contributed by atoms with van der Waals surface area (Å²) in [5.41, 5.74) is 1.88. The second-order valence-electron chi connectivity index (χ2n) is 7.60. The van der Waals surface area contributed by atoms with E-state index in [9.17, 15) is 14.4 Å². The minimum atomic E-state index is -0.671. The van der Waals surface area contributed by atoms with Crippen LogP contribution in [0.25, 0.3) is 0 Å². The first-order valence-corrected chi connectivity index (χ1v) is 9.06. The number of cyclic esters (lactones) is 1. The Balaban J connectivity index is 1.51. The number of ketones is 1. The lowest BCUT2D eigenvalue weighted by Crippen LogP contribution is -2.37. The molecule has 2 bridgehead atoms. The fourth-order valence-electron chi connectivity index (χ4n) is 5.26. The van der Waals surface area contributed by atoms with Gasteiger partial charge in [0.25, 0.3) is 5.91 Å². The number of carbonyl (C=O) groups is 3. The Hall–Kier alpha value is -2.69. The lowest BCUT2D eigenvalue weighted by atomic mass is 9.82. The van der Waals surface area contributed by atoms with E-state index in [1.54, 1.807) is 0 Å². The molecule has 1 saturated carbocycles. The Morgan fingerprint density at radius 2 is 1.77 bits per heavy atom. The molecule has 5 nitrogen and oxygen atoms in total. The highest BCUT2D eigenvalue weighted by atomic mass is 16.6. The van der Waals surface area contributed by atoms with Crippen LogP contribution in [0.3, 0.4) is 0 Å². The molecule has 0 radical (unpaired) electrons. The van der Waals surface area contributed by atoms with Gasteiger partial charge in [-0.25, -0.2) is 9.69 Å². The van der Waals surface area contributed by atoms with Gasteiger partial charge in [-0.1, -0.05) is 48.1 Å². The minimum Gasteiger partial charge on any atom is -0.446 e. The second kappa shape index (κ2) is 5.40. The predicted molar refractivity (Wildman–Crippen MR) is 92.8 cm³/mol. The summed E-state index contributed by atoms with van der Waals surface area (Å²) in [7, 11) is 0. The average molecular weight is 349 g/mol. The van der Waals surface area contributed by atoms with Crippen LogP contribution < -0.4 is 0 Å². The van der Waals surface area contributed by atoms with Crippen molar-refractivity contribution >= 4 is 17.8 Å². The van der Waals surface area contributed by atoms with Gasteiger partial charge in [0.05, 0.1) is 5.57 Å². The van der Waals surface area contributed by atoms with Crippen molar-refractivity contribution in [2.45, 2.75) is 19.4 Å². The van der Waals surface area contributed by atoms with E-state index >= 15 is 0 Å². The molecular formula is C21H19NO4. The average Bonchev–Trinajstić information content (AvgIpc) is 3.39. The molecule has 132 valence electrons. The number of rotatable bonds is 2. The normalized spacial score (nSPS) is 34.7. The summed E-state index contributed by atoms with van der Waals surface area (Å²) in [6.45, 7) is 2.00. The van der Waals surface area contributed by atoms with E-state index in [1.807, 2.05) is 37.3 Å². The molecule has 1 heterocycles. The van der Waals surface area contributed by atoms with Crippen LogP contribution in [0.2, 0.25) is 0 Å². The van der Waals surface area contributed by atoms with Gasteiger partial charge >= 0.3 is 6.09 Å². The third-order valence-electron chi connectivity index (χ3n) is 6.39. The van der Waals surface area contributed by atoms with Gasteiger partial charge in [0, 0.05) is 5.92 Å². The molecule has 2 amide bonds. The number of Topliss-reactive ketones (excluding diaryl/α,β-unsaturated/α-hetero) is 1. The van der Waals surface area contributed by atoms with Gasteiger partial charge in [-0.2, -0.15) is 0 Å². The lowest BCUT2D eigenvalue weighted by Gasteiger charge is -2.21. The van der Waals surface area contributed by atoms with Crippen LogP contribution in [0.15, 0.2) is 53.6 Å². The number of fused-ring (bicyclic) bond motifs is 5. The molecular weight excluding hydrogens is 330 g/mol. The van der Waals surface area contributed by atoms with E-state index in [-0.39, 0.29) is 35.7 Å². The van der Waals surface area contributed by atoms with Crippen molar-refractivity contribution in [2.24, 2.45) is 23.7 Å². The van der Waals surface area contributed by atoms with Crippen LogP contribution >= 0.6 is 0 Å². The van der Waals surface area contributed by atoms with Gasteiger partial charge in [-0.3, -0.25) is 9.59 Å². The Kier molecular flexibility index (Phi) is 3.23. The van der Waals surface area contributed by atoms with E-state index in [0.29, 0.717) is 5.92 Å². The second-order valence-corrected chi connectivity index (χ2v) is 7.60. The van der Waals surface area contributed by atoms with E-state index in [2.05, 4.69) is 12.2 Å². The van der Waals surface area contributed by atoms with Crippen molar-refractivity contribution in [3.05, 3.63) is 59.2 Å². The molecule has 1 saturated heterocycles. The number of benzene rings is 1. The zero-order valence-electron chi connectivity index (χ0n) is 14.4. The zero-order chi connectivity index (χ0) is 18.0. The van der Waals surface area contributed by atoms with Crippen LogP contribution in [0.5, 0.6) is 0 Å². The van der Waals surface area contributed by atoms with Gasteiger partial charge in [0.15, 0.2) is 5.78 Å². The first-order chi connectivity index (χ1) is 12.6. The maximum absolute atomic E-state index is 13.3. The Morgan fingerprint density at radius 3 is 2.46 bits per heavy atom. The predicted octanol–water partition coefficient (Wildman–Crippen LogP) is 3.04. The van der Waals surface area contributed by atoms with Gasteiger partial charge < -0.3 is 4.74 Å². The molecule has 1 aromatic rings. The largest absolute Gasteiger partial charge is 0.446 e. The van der Waals surface area contributed by atoms with Crippen LogP contribution in [0.4, 0.5) is 4.79 Å². The summed E-state index contributed by atoms with van der Waals surface area (Å²) >= 11 is 0. The standard InChI is InChI=1S/C21H19NO4/c1-11-16-13-7-8-14(9-13)18(16)19(23)17(11)20(24)22-15(10-26-21(22)25)12-5-3-2-4-6-12/h2-8,13-16,18H,9-10H2,1H3/t13-,14+,15-,16-,18+/m0/s1. The summed E-state index contributed by atoms with van der Waals surface area (Å²) in [6, 6.07) is 8.84. The molecule has 5 atom stereocenters. The van der Waals surface area contributed by atoms with Gasteiger partial charge in [0.1, 0.15) is 12.6 Å². The van der Waals surface area contributed by atoms with E-state index in [1.165, 1.54) is 0 Å². The van der Waals surface area contributed by atoms with Crippen LogP contribution in [0, 0.1) is 23.7 Å². The summed E-state index contributed by atoms with van der Waals surface area (Å²) < 4.78 is 5.15. The molecule has 0 unspecified atom stereocenters. The number of amides is 2. The van der Waals surface area contributed by atoms with Crippen LogP contribution in [0.1, 0.15) is 24.9 Å². The lowest BCUT2D eigenvalue weighted by molar-refractivity contribution is -0.129. The first-order valence-electron chi connectivity index (χ1n) is 9.06. The van der Waals surface area contributed by atoms with Crippen molar-refractivity contribution in [2.75, 3.05) is 6.61 Å². The molecule has 0 N–H and O–H groups in total. The smallest absolute Gasteiger partial charge is 0.417 e. The van der Waals surface area contributed by atoms with E-state index in [0.717, 1.165) is 22.5 Å². The third kappa shape index (κ3) is 1.94. The van der Waals surface area contributed by atoms with Crippen molar-refractivity contribution in [3.63, 3.8) is 0 Å². The van der Waals surface area contributed by atoms with Crippen molar-refractivity contribution in [3.8, 4) is 0 Å². The van der Waals surface area contributed by atoms with Crippen molar-refractivity contribution < 1.29 is 19.1 Å². The van der Waals surface area contributed by atoms with E-state index < -0.39 is 18.0 Å². The van der Waals surface area contributed by atoms with Gasteiger partial charge in [-0.15, -0.1) is 0 Å². The Bertz CT molecular complexity index is 885. The number of ether oxygens (including phenoxy) is 1. The maximum Gasteiger partial charge on any atom is 0.417 e. The molecule has 2 fully saturated rings. The molecule has 3 aliphatic carbocycles. The number of imide groups is 1. The monoisotopic (exact) mass is 349 g/mol. The summed E-state index contributed by atoms with van der Waals surface area (Å²) in [5, 5.41) is 0. The number of hydrogen-bond donors (Lipinski definition) is 0. The van der Waals surface area contributed by atoms with E-state index in [4.69, 9.17) is 4.74 Å². The van der Waals surface area contributed by atoms with Gasteiger partial charge in [-0.05, 0) is 36.7 Å². The minimum absolute atomic E-state index is 0.0964. The van der Waals surface area contributed by atoms with Crippen molar-refractivity contribution in [1.29, 1.82) is 0 Å². The SMILES string of the molecule is CC1=C(C(=O)N2C(=O)OC[C@H]2c2ccccc2)C(=O)[C@H]2[C@@H]1[C@H]1C=C[C@@H]2C1. The fraction of sp³-hybridized carbons (Fsp3) is 0.381. The molecule has 4 aliphatic rings. The Morgan fingerprint density at radius 1 is 1.08 bits per heavy atom. The molecule has 1 aliphatic heterocycles. The van der Waals surface area contributed by atoms with Gasteiger partial charge in [0.2, 0.25) is 0 Å². The molecule has 26 heavy (non-hydrogen) atoms. The molecule has 0 aromatic heterocycles. The number of allylic oxidation sites excluding steroid dienone is 3. The first kappa shape index (κ1) is 15.6. The Labute approximate surface area is 151 Å².